The topological polar surface area (TPSA) is 39.2 Å². The van der Waals surface area contributed by atoms with Crippen LogP contribution in [0.3, 0.4) is 0 Å². The van der Waals surface area contributed by atoms with E-state index in [9.17, 15) is 4.79 Å². The van der Waals surface area contributed by atoms with E-state index in [1.807, 2.05) is 0 Å². The van der Waals surface area contributed by atoms with Gasteiger partial charge in [-0.1, -0.05) is 25.1 Å². The Labute approximate surface area is 102 Å². The molecule has 0 fully saturated rings. The van der Waals surface area contributed by atoms with E-state index >= 15 is 0 Å². The van der Waals surface area contributed by atoms with Crippen molar-refractivity contribution in [1.82, 2.24) is 4.98 Å². The molecule has 1 heterocycles. The van der Waals surface area contributed by atoms with Crippen LogP contribution < -0.4 is 0 Å². The lowest BCUT2D eigenvalue weighted by Gasteiger charge is -2.24. The molecule has 0 aromatic carbocycles. The third-order valence-electron chi connectivity index (χ3n) is 3.22. The van der Waals surface area contributed by atoms with Crippen LogP contribution in [0.25, 0.3) is 0 Å². The van der Waals surface area contributed by atoms with Crippen LogP contribution in [0, 0.1) is 11.8 Å². The van der Waals surface area contributed by atoms with Crippen LogP contribution >= 0.6 is 0 Å². The molecule has 0 radical (unpaired) electrons. The van der Waals surface area contributed by atoms with Gasteiger partial charge in [0, 0.05) is 6.20 Å². The highest BCUT2D eigenvalue weighted by molar-refractivity contribution is 5.87. The van der Waals surface area contributed by atoms with Crippen LogP contribution in [0.2, 0.25) is 0 Å². The summed E-state index contributed by atoms with van der Waals surface area (Å²) in [5.41, 5.74) is 0.381. The summed E-state index contributed by atoms with van der Waals surface area (Å²) in [6.07, 6.45) is 8.03. The highest BCUT2D eigenvalue weighted by atomic mass is 16.5. The maximum Gasteiger partial charge on any atom is 0.356 e. The van der Waals surface area contributed by atoms with Gasteiger partial charge in [-0.2, -0.15) is 0 Å². The van der Waals surface area contributed by atoms with Gasteiger partial charge in [-0.25, -0.2) is 9.78 Å². The molecule has 0 aliphatic heterocycles. The van der Waals surface area contributed by atoms with E-state index in [0.717, 1.165) is 12.8 Å². The van der Waals surface area contributed by atoms with E-state index in [1.54, 1.807) is 24.4 Å². The minimum Gasteiger partial charge on any atom is -0.461 e. The van der Waals surface area contributed by atoms with Crippen LogP contribution in [0.4, 0.5) is 0 Å². The first-order valence-electron chi connectivity index (χ1n) is 6.00. The molecule has 0 bridgehead atoms. The van der Waals surface area contributed by atoms with E-state index < -0.39 is 0 Å². The Morgan fingerprint density at radius 2 is 2.24 bits per heavy atom. The molecule has 1 aromatic rings. The van der Waals surface area contributed by atoms with Crippen molar-refractivity contribution in [2.75, 3.05) is 6.61 Å². The van der Waals surface area contributed by atoms with E-state index in [-0.39, 0.29) is 5.97 Å². The number of nitrogens with zero attached hydrogens (tertiary/aromatic N) is 1. The van der Waals surface area contributed by atoms with Gasteiger partial charge in [-0.3, -0.25) is 0 Å². The number of allylic oxidation sites excluding steroid dienone is 2. The quantitative estimate of drug-likeness (QED) is 0.593. The molecule has 1 aromatic heterocycles. The molecule has 0 saturated heterocycles. The molecule has 2 rings (SSSR count). The van der Waals surface area contributed by atoms with E-state index in [1.165, 1.54) is 0 Å². The molecule has 0 saturated carbocycles. The minimum absolute atomic E-state index is 0.327. The molecule has 1 aliphatic carbocycles. The van der Waals surface area contributed by atoms with E-state index in [2.05, 4.69) is 24.1 Å². The van der Waals surface area contributed by atoms with Gasteiger partial charge in [0.1, 0.15) is 5.69 Å². The highest BCUT2D eigenvalue weighted by Gasteiger charge is 2.20. The zero-order chi connectivity index (χ0) is 12.1. The number of esters is 1. The minimum atomic E-state index is -0.327. The normalized spacial score (nSPS) is 23.4. The number of ether oxygens (including phenoxy) is 1. The molecule has 3 heteroatoms. The fraction of sp³-hybridized carbons (Fsp3) is 0.429. The predicted octanol–water partition coefficient (Wildman–Crippen LogP) is 2.84. The van der Waals surface area contributed by atoms with Gasteiger partial charge in [0.25, 0.3) is 0 Å². The summed E-state index contributed by atoms with van der Waals surface area (Å²) in [5.74, 6) is 0.691. The Bertz CT molecular complexity index is 400. The fourth-order valence-corrected chi connectivity index (χ4v) is 1.98. The predicted molar refractivity (Wildman–Crippen MR) is 65.5 cm³/mol. The lowest BCUT2D eigenvalue weighted by molar-refractivity contribution is 0.0388. The molecule has 2 unspecified atom stereocenters. The Kier molecular flexibility index (Phi) is 3.91. The third kappa shape index (κ3) is 3.16. The molecule has 17 heavy (non-hydrogen) atoms. The first kappa shape index (κ1) is 11.8. The average molecular weight is 231 g/mol. The maximum atomic E-state index is 11.7. The Hall–Kier alpha value is -1.64. The Morgan fingerprint density at radius 3 is 2.94 bits per heavy atom. The highest BCUT2D eigenvalue weighted by Crippen LogP contribution is 2.25. The maximum absolute atomic E-state index is 11.7. The van der Waals surface area contributed by atoms with Gasteiger partial charge in [-0.15, -0.1) is 0 Å². The van der Waals surface area contributed by atoms with Crippen molar-refractivity contribution in [2.45, 2.75) is 19.8 Å². The monoisotopic (exact) mass is 231 g/mol. The molecule has 0 spiro atoms. The summed E-state index contributed by atoms with van der Waals surface area (Å²) in [5, 5.41) is 0. The summed E-state index contributed by atoms with van der Waals surface area (Å²) in [4.78, 5) is 15.7. The second kappa shape index (κ2) is 5.62. The van der Waals surface area contributed by atoms with Gasteiger partial charge < -0.3 is 4.74 Å². The van der Waals surface area contributed by atoms with Crippen LogP contribution in [0.1, 0.15) is 30.3 Å². The van der Waals surface area contributed by atoms with Gasteiger partial charge in [0.15, 0.2) is 0 Å². The SMILES string of the molecule is CC1CC=CCC1COC(=O)c1ccccn1. The lowest BCUT2D eigenvalue weighted by atomic mass is 9.85. The third-order valence-corrected chi connectivity index (χ3v) is 3.22. The second-order valence-corrected chi connectivity index (χ2v) is 4.49. The average Bonchev–Trinajstić information content (AvgIpc) is 2.38. The standard InChI is InChI=1S/C14H17NO2/c1-11-6-2-3-7-12(11)10-17-14(16)13-8-4-5-9-15-13/h2-5,8-9,11-12H,6-7,10H2,1H3. The first-order valence-corrected chi connectivity index (χ1v) is 6.00. The fourth-order valence-electron chi connectivity index (χ4n) is 1.98. The van der Waals surface area contributed by atoms with E-state index in [0.29, 0.717) is 24.1 Å². The summed E-state index contributed by atoms with van der Waals surface area (Å²) >= 11 is 0. The second-order valence-electron chi connectivity index (χ2n) is 4.49. The lowest BCUT2D eigenvalue weighted by Crippen LogP contribution is -2.22. The van der Waals surface area contributed by atoms with Gasteiger partial charge in [-0.05, 0) is 36.8 Å². The molecule has 3 nitrogen and oxygen atoms in total. The van der Waals surface area contributed by atoms with Crippen LogP contribution in [0.5, 0.6) is 0 Å². The number of rotatable bonds is 3. The molecular formula is C14H17NO2. The van der Waals surface area contributed by atoms with Crippen LogP contribution in [-0.4, -0.2) is 17.6 Å². The Morgan fingerprint density at radius 1 is 1.41 bits per heavy atom. The van der Waals surface area contributed by atoms with Crippen LogP contribution in [-0.2, 0) is 4.74 Å². The molecule has 2 atom stereocenters. The summed E-state index contributed by atoms with van der Waals surface area (Å²) in [6, 6.07) is 5.24. The number of carbonyl (C=O) groups excluding carboxylic acids is 1. The summed E-state index contributed by atoms with van der Waals surface area (Å²) in [6.45, 7) is 2.68. The van der Waals surface area contributed by atoms with Gasteiger partial charge >= 0.3 is 5.97 Å². The van der Waals surface area contributed by atoms with Crippen molar-refractivity contribution >= 4 is 5.97 Å². The van der Waals surface area contributed by atoms with Crippen molar-refractivity contribution in [3.8, 4) is 0 Å². The number of pyridine rings is 1. The first-order chi connectivity index (χ1) is 8.27. The number of carbonyl (C=O) groups is 1. The summed E-state index contributed by atoms with van der Waals surface area (Å²) < 4.78 is 5.30. The van der Waals surface area contributed by atoms with E-state index in [4.69, 9.17) is 4.74 Å². The largest absolute Gasteiger partial charge is 0.461 e. The Balaban J connectivity index is 1.86. The number of aromatic nitrogens is 1. The molecule has 0 amide bonds. The number of hydrogen-bond acceptors (Lipinski definition) is 3. The van der Waals surface area contributed by atoms with Gasteiger partial charge in [0.2, 0.25) is 0 Å². The van der Waals surface area contributed by atoms with Crippen LogP contribution in [0.15, 0.2) is 36.5 Å². The zero-order valence-corrected chi connectivity index (χ0v) is 10.0. The van der Waals surface area contributed by atoms with Crippen molar-refractivity contribution in [1.29, 1.82) is 0 Å². The van der Waals surface area contributed by atoms with Crippen molar-refractivity contribution < 1.29 is 9.53 Å². The molecular weight excluding hydrogens is 214 g/mol. The van der Waals surface area contributed by atoms with Crippen molar-refractivity contribution in [3.63, 3.8) is 0 Å². The molecule has 1 aliphatic rings. The molecule has 0 N–H and O–H groups in total. The summed E-state index contributed by atoms with van der Waals surface area (Å²) in [7, 11) is 0. The smallest absolute Gasteiger partial charge is 0.356 e. The molecule has 90 valence electrons. The van der Waals surface area contributed by atoms with Crippen molar-refractivity contribution in [2.24, 2.45) is 11.8 Å². The zero-order valence-electron chi connectivity index (χ0n) is 10.0. The number of hydrogen-bond donors (Lipinski definition) is 0. The van der Waals surface area contributed by atoms with Gasteiger partial charge in [0.05, 0.1) is 6.61 Å². The van der Waals surface area contributed by atoms with Crippen molar-refractivity contribution in [3.05, 3.63) is 42.2 Å².